The van der Waals surface area contributed by atoms with Gasteiger partial charge >= 0.3 is 0 Å². The maximum absolute atomic E-state index is 13.3. The van der Waals surface area contributed by atoms with Crippen molar-refractivity contribution in [1.82, 2.24) is 5.32 Å². The lowest BCUT2D eigenvalue weighted by atomic mass is 9.84. The molecule has 1 rings (SSSR count). The molecule has 0 aliphatic carbocycles. The van der Waals surface area contributed by atoms with Crippen LogP contribution in [-0.4, -0.2) is 70.0 Å². The zero-order valence-electron chi connectivity index (χ0n) is 26.7. The molecule has 7 nitrogen and oxygen atoms in total. The summed E-state index contributed by atoms with van der Waals surface area (Å²) in [5.41, 5.74) is 0. The highest BCUT2D eigenvalue weighted by molar-refractivity contribution is 5.79. The number of aliphatic hydroxyl groups excluding tert-OH is 4. The van der Waals surface area contributed by atoms with Gasteiger partial charge in [0, 0.05) is 6.54 Å². The van der Waals surface area contributed by atoms with Crippen molar-refractivity contribution in [2.24, 2.45) is 5.92 Å². The lowest BCUT2D eigenvalue weighted by molar-refractivity contribution is -0.240. The third kappa shape index (κ3) is 17.2. The molecule has 5 N–H and O–H groups in total. The van der Waals surface area contributed by atoms with Crippen LogP contribution in [0.2, 0.25) is 0 Å². The summed E-state index contributed by atoms with van der Waals surface area (Å²) in [7, 11) is 0. The highest BCUT2D eigenvalue weighted by Gasteiger charge is 2.47. The summed E-state index contributed by atoms with van der Waals surface area (Å²) in [5.74, 6) is -0.805. The first kappa shape index (κ1) is 38.3. The van der Waals surface area contributed by atoms with Gasteiger partial charge in [0.1, 0.15) is 24.4 Å². The van der Waals surface area contributed by atoms with Gasteiger partial charge < -0.3 is 30.5 Å². The predicted octanol–water partition coefficient (Wildman–Crippen LogP) is 6.57. The molecule has 0 spiro atoms. The standard InChI is InChI=1S/C34H67NO6/c1-3-5-7-9-11-13-15-16-17-19-21-23-25-28(33-32(39)31(38)30(37)29(27-36)41-33)34(40)35-26-24-22-20-18-14-12-10-8-6-4-2/h28-33,36-39H,3-27H2,1-2H3,(H,35,40)/t28?,29-,30-,31+,32+,33+/m1/s1. The number of carbonyl (C=O) groups excluding carboxylic acids is 1. The van der Waals surface area contributed by atoms with Crippen LogP contribution < -0.4 is 5.32 Å². The van der Waals surface area contributed by atoms with E-state index in [1.807, 2.05) is 0 Å². The first-order valence-electron chi connectivity index (χ1n) is 17.6. The second-order valence-corrected chi connectivity index (χ2v) is 12.6. The van der Waals surface area contributed by atoms with Gasteiger partial charge in [-0.25, -0.2) is 0 Å². The minimum Gasteiger partial charge on any atom is -0.394 e. The number of nitrogens with one attached hydrogen (secondary N) is 1. The van der Waals surface area contributed by atoms with Crippen molar-refractivity contribution in [1.29, 1.82) is 0 Å². The van der Waals surface area contributed by atoms with Gasteiger partial charge in [0.2, 0.25) is 5.91 Å². The average molecular weight is 586 g/mol. The van der Waals surface area contributed by atoms with Gasteiger partial charge in [0.15, 0.2) is 0 Å². The Kier molecular flexibility index (Phi) is 24.0. The summed E-state index contributed by atoms with van der Waals surface area (Å²) in [6, 6.07) is 0. The van der Waals surface area contributed by atoms with Gasteiger partial charge in [-0.15, -0.1) is 0 Å². The lowest BCUT2D eigenvalue weighted by Crippen LogP contribution is -2.61. The first-order valence-corrected chi connectivity index (χ1v) is 17.6. The molecule has 1 saturated heterocycles. The Labute approximate surface area is 252 Å². The second-order valence-electron chi connectivity index (χ2n) is 12.6. The van der Waals surface area contributed by atoms with Gasteiger partial charge in [-0.1, -0.05) is 149 Å². The number of aliphatic hydroxyl groups is 4. The normalized spacial score (nSPS) is 23.5. The summed E-state index contributed by atoms with van der Waals surface area (Å²) < 4.78 is 5.81. The van der Waals surface area contributed by atoms with Crippen molar-refractivity contribution < 1.29 is 30.0 Å². The predicted molar refractivity (Wildman–Crippen MR) is 168 cm³/mol. The molecule has 0 aromatic carbocycles. The number of amides is 1. The van der Waals surface area contributed by atoms with Crippen LogP contribution in [0, 0.1) is 5.92 Å². The minimum absolute atomic E-state index is 0.173. The maximum Gasteiger partial charge on any atom is 0.225 e. The third-order valence-electron chi connectivity index (χ3n) is 8.86. The van der Waals surface area contributed by atoms with Crippen LogP contribution in [0.25, 0.3) is 0 Å². The molecule has 0 aromatic rings. The van der Waals surface area contributed by atoms with Crippen molar-refractivity contribution in [2.75, 3.05) is 13.2 Å². The van der Waals surface area contributed by atoms with Crippen LogP contribution in [0.15, 0.2) is 0 Å². The van der Waals surface area contributed by atoms with E-state index in [2.05, 4.69) is 19.2 Å². The highest BCUT2D eigenvalue weighted by Crippen LogP contribution is 2.29. The summed E-state index contributed by atoms with van der Waals surface area (Å²) >= 11 is 0. The molecule has 1 fully saturated rings. The first-order chi connectivity index (χ1) is 20.0. The smallest absolute Gasteiger partial charge is 0.225 e. The molecular formula is C34H67NO6. The SMILES string of the molecule is CCCCCCCCCCCCCCC(C(=O)NCCCCCCCCCCCC)[C@@H]1O[C@H](CO)[C@@H](O)[C@H](O)[C@@H]1O. The van der Waals surface area contributed by atoms with E-state index in [-0.39, 0.29) is 5.91 Å². The highest BCUT2D eigenvalue weighted by atomic mass is 16.5. The molecule has 244 valence electrons. The van der Waals surface area contributed by atoms with E-state index in [1.54, 1.807) is 0 Å². The van der Waals surface area contributed by atoms with Gasteiger partial charge in [0.05, 0.1) is 18.6 Å². The maximum atomic E-state index is 13.3. The van der Waals surface area contributed by atoms with Crippen molar-refractivity contribution in [3.63, 3.8) is 0 Å². The number of rotatable bonds is 27. The number of hydrogen-bond donors (Lipinski definition) is 5. The van der Waals surface area contributed by atoms with E-state index in [0.29, 0.717) is 13.0 Å². The Morgan fingerprint density at radius 1 is 0.610 bits per heavy atom. The Bertz CT molecular complexity index is 604. The van der Waals surface area contributed by atoms with Crippen molar-refractivity contribution in [3.8, 4) is 0 Å². The van der Waals surface area contributed by atoms with E-state index in [4.69, 9.17) is 4.74 Å². The fourth-order valence-corrected chi connectivity index (χ4v) is 6.07. The minimum atomic E-state index is -1.45. The van der Waals surface area contributed by atoms with Gasteiger partial charge in [-0.2, -0.15) is 0 Å². The molecule has 1 heterocycles. The number of hydrogen-bond acceptors (Lipinski definition) is 6. The summed E-state index contributed by atoms with van der Waals surface area (Å²) in [5, 5.41) is 43.9. The molecule has 1 aliphatic rings. The summed E-state index contributed by atoms with van der Waals surface area (Å²) in [6.07, 6.45) is 21.4. The molecule has 7 heteroatoms. The number of carbonyl (C=O) groups is 1. The molecule has 0 saturated carbocycles. The molecule has 1 unspecified atom stereocenters. The Morgan fingerprint density at radius 2 is 1.02 bits per heavy atom. The van der Waals surface area contributed by atoms with Gasteiger partial charge in [-0.05, 0) is 12.8 Å². The average Bonchev–Trinajstić information content (AvgIpc) is 2.97. The van der Waals surface area contributed by atoms with Gasteiger partial charge in [0.25, 0.3) is 0 Å². The molecular weight excluding hydrogens is 518 g/mol. The van der Waals surface area contributed by atoms with E-state index >= 15 is 0 Å². The molecule has 0 bridgehead atoms. The summed E-state index contributed by atoms with van der Waals surface area (Å²) in [4.78, 5) is 13.3. The summed E-state index contributed by atoms with van der Waals surface area (Å²) in [6.45, 7) is 4.59. The van der Waals surface area contributed by atoms with Crippen LogP contribution in [0.1, 0.15) is 162 Å². The Hall–Kier alpha value is -0.730. The second kappa shape index (κ2) is 25.7. The van der Waals surface area contributed by atoms with Crippen LogP contribution >= 0.6 is 0 Å². The van der Waals surface area contributed by atoms with E-state index in [1.165, 1.54) is 109 Å². The molecule has 1 aliphatic heterocycles. The van der Waals surface area contributed by atoms with Crippen LogP contribution in [0.4, 0.5) is 0 Å². The molecule has 0 radical (unpaired) electrons. The van der Waals surface area contributed by atoms with Gasteiger partial charge in [-0.3, -0.25) is 4.79 Å². The third-order valence-corrected chi connectivity index (χ3v) is 8.86. The Morgan fingerprint density at radius 3 is 1.46 bits per heavy atom. The van der Waals surface area contributed by atoms with E-state index in [9.17, 15) is 25.2 Å². The van der Waals surface area contributed by atoms with Crippen LogP contribution in [0.3, 0.4) is 0 Å². The fraction of sp³-hybridized carbons (Fsp3) is 0.971. The van der Waals surface area contributed by atoms with E-state index < -0.39 is 43.0 Å². The lowest BCUT2D eigenvalue weighted by Gasteiger charge is -2.42. The van der Waals surface area contributed by atoms with Crippen LogP contribution in [-0.2, 0) is 9.53 Å². The largest absolute Gasteiger partial charge is 0.394 e. The zero-order chi connectivity index (χ0) is 30.1. The quantitative estimate of drug-likeness (QED) is 0.0696. The van der Waals surface area contributed by atoms with Crippen LogP contribution in [0.5, 0.6) is 0 Å². The zero-order valence-corrected chi connectivity index (χ0v) is 26.7. The van der Waals surface area contributed by atoms with Crippen molar-refractivity contribution in [3.05, 3.63) is 0 Å². The molecule has 1 amide bonds. The van der Waals surface area contributed by atoms with Crippen molar-refractivity contribution in [2.45, 2.75) is 192 Å². The monoisotopic (exact) mass is 585 g/mol. The Balaban J connectivity index is 2.41. The van der Waals surface area contributed by atoms with E-state index in [0.717, 1.165) is 32.1 Å². The number of unbranched alkanes of at least 4 members (excludes halogenated alkanes) is 20. The molecule has 0 aromatic heterocycles. The fourth-order valence-electron chi connectivity index (χ4n) is 6.07. The molecule has 6 atom stereocenters. The topological polar surface area (TPSA) is 119 Å². The molecule has 41 heavy (non-hydrogen) atoms. The number of ether oxygens (including phenoxy) is 1. The van der Waals surface area contributed by atoms with Crippen molar-refractivity contribution >= 4 is 5.91 Å².